The van der Waals surface area contributed by atoms with Crippen molar-refractivity contribution in [2.75, 3.05) is 20.6 Å². The lowest BCUT2D eigenvalue weighted by atomic mass is 10.2. The Kier molecular flexibility index (Phi) is 4.77. The van der Waals surface area contributed by atoms with Crippen molar-refractivity contribution in [3.63, 3.8) is 0 Å². The van der Waals surface area contributed by atoms with Crippen molar-refractivity contribution < 1.29 is 0 Å². The lowest BCUT2D eigenvalue weighted by Gasteiger charge is -2.22. The van der Waals surface area contributed by atoms with Crippen LogP contribution in [0.25, 0.3) is 0 Å². The van der Waals surface area contributed by atoms with Crippen LogP contribution in [-0.4, -0.2) is 31.6 Å². The monoisotopic (exact) mass is 226 g/mol. The van der Waals surface area contributed by atoms with Crippen LogP contribution >= 0.6 is 11.3 Å². The summed E-state index contributed by atoms with van der Waals surface area (Å²) in [4.78, 5) is 3.70. The normalized spacial score (nSPS) is 15.6. The number of thiophene rings is 1. The van der Waals surface area contributed by atoms with Gasteiger partial charge in [-0.15, -0.1) is 11.3 Å². The molecule has 0 fully saturated rings. The molecule has 0 amide bonds. The molecule has 1 aromatic rings. The minimum Gasteiger partial charge on any atom is -0.308 e. The quantitative estimate of drug-likeness (QED) is 0.830. The second-order valence-electron chi connectivity index (χ2n) is 4.41. The van der Waals surface area contributed by atoms with Crippen molar-refractivity contribution in [3.05, 3.63) is 21.9 Å². The second-order valence-corrected chi connectivity index (χ2v) is 5.36. The van der Waals surface area contributed by atoms with Crippen molar-refractivity contribution in [2.45, 2.75) is 32.9 Å². The molecule has 0 spiro atoms. The summed E-state index contributed by atoms with van der Waals surface area (Å²) >= 11 is 1.84. The Labute approximate surface area is 97.3 Å². The van der Waals surface area contributed by atoms with E-state index in [-0.39, 0.29) is 0 Å². The molecule has 1 rings (SSSR count). The summed E-state index contributed by atoms with van der Waals surface area (Å²) in [6.07, 6.45) is 0. The first-order valence-corrected chi connectivity index (χ1v) is 6.34. The van der Waals surface area contributed by atoms with Gasteiger partial charge in [-0.1, -0.05) is 0 Å². The summed E-state index contributed by atoms with van der Waals surface area (Å²) in [6, 6.07) is 3.23. The van der Waals surface area contributed by atoms with Crippen molar-refractivity contribution in [1.82, 2.24) is 10.2 Å². The molecule has 0 aromatic carbocycles. The van der Waals surface area contributed by atoms with Gasteiger partial charge >= 0.3 is 0 Å². The smallest absolute Gasteiger partial charge is 0.0389 e. The molecule has 0 bridgehead atoms. The van der Waals surface area contributed by atoms with E-state index in [1.807, 2.05) is 11.3 Å². The highest BCUT2D eigenvalue weighted by Crippen LogP contribution is 2.23. The molecule has 0 saturated carbocycles. The second kappa shape index (κ2) is 5.64. The highest BCUT2D eigenvalue weighted by molar-refractivity contribution is 7.10. The Morgan fingerprint density at radius 2 is 2.07 bits per heavy atom. The van der Waals surface area contributed by atoms with Gasteiger partial charge in [-0.2, -0.15) is 0 Å². The predicted octanol–water partition coefficient (Wildman–Crippen LogP) is 2.66. The third-order valence-corrected chi connectivity index (χ3v) is 4.10. The van der Waals surface area contributed by atoms with Crippen LogP contribution in [-0.2, 0) is 0 Å². The Balaban J connectivity index is 2.43. The van der Waals surface area contributed by atoms with Gasteiger partial charge in [0.1, 0.15) is 0 Å². The number of rotatable bonds is 5. The zero-order chi connectivity index (χ0) is 11.4. The molecule has 1 aromatic heterocycles. The molecular formula is C12H22N2S. The maximum absolute atomic E-state index is 3.58. The highest BCUT2D eigenvalue weighted by Gasteiger charge is 2.11. The van der Waals surface area contributed by atoms with Gasteiger partial charge in [-0.3, -0.25) is 0 Å². The summed E-state index contributed by atoms with van der Waals surface area (Å²) < 4.78 is 0. The minimum atomic E-state index is 0.465. The molecule has 0 saturated heterocycles. The zero-order valence-electron chi connectivity index (χ0n) is 10.4. The van der Waals surface area contributed by atoms with Crippen molar-refractivity contribution in [2.24, 2.45) is 0 Å². The Morgan fingerprint density at radius 1 is 1.40 bits per heavy atom. The molecule has 0 aliphatic heterocycles. The fraction of sp³-hybridized carbons (Fsp3) is 0.667. The van der Waals surface area contributed by atoms with Crippen molar-refractivity contribution >= 4 is 11.3 Å². The molecule has 1 heterocycles. The molecule has 0 radical (unpaired) electrons. The fourth-order valence-corrected chi connectivity index (χ4v) is 2.41. The van der Waals surface area contributed by atoms with Crippen molar-refractivity contribution in [1.29, 1.82) is 0 Å². The third-order valence-electron chi connectivity index (χ3n) is 2.90. The lowest BCUT2D eigenvalue weighted by molar-refractivity contribution is 0.296. The molecule has 86 valence electrons. The van der Waals surface area contributed by atoms with Gasteiger partial charge in [0.2, 0.25) is 0 Å². The molecule has 2 atom stereocenters. The van der Waals surface area contributed by atoms with Gasteiger partial charge in [0.15, 0.2) is 0 Å². The first-order valence-electron chi connectivity index (χ1n) is 5.46. The van der Waals surface area contributed by atoms with Crippen LogP contribution in [0.15, 0.2) is 11.4 Å². The lowest BCUT2D eigenvalue weighted by Crippen LogP contribution is -2.36. The Bertz CT molecular complexity index is 294. The van der Waals surface area contributed by atoms with E-state index in [1.165, 1.54) is 10.4 Å². The molecule has 3 heteroatoms. The van der Waals surface area contributed by atoms with E-state index in [2.05, 4.69) is 56.5 Å². The van der Waals surface area contributed by atoms with Gasteiger partial charge in [-0.25, -0.2) is 0 Å². The summed E-state index contributed by atoms with van der Waals surface area (Å²) in [5.74, 6) is 0. The van der Waals surface area contributed by atoms with E-state index in [0.717, 1.165) is 6.54 Å². The van der Waals surface area contributed by atoms with Gasteiger partial charge in [-0.05, 0) is 51.9 Å². The molecule has 0 aliphatic carbocycles. The zero-order valence-corrected chi connectivity index (χ0v) is 11.2. The fourth-order valence-electron chi connectivity index (χ4n) is 1.45. The molecule has 15 heavy (non-hydrogen) atoms. The predicted molar refractivity (Wildman–Crippen MR) is 68.6 cm³/mol. The van der Waals surface area contributed by atoms with Crippen LogP contribution in [0.3, 0.4) is 0 Å². The third kappa shape index (κ3) is 3.59. The van der Waals surface area contributed by atoms with E-state index in [9.17, 15) is 0 Å². The van der Waals surface area contributed by atoms with E-state index in [4.69, 9.17) is 0 Å². The molecule has 0 aliphatic rings. The van der Waals surface area contributed by atoms with Gasteiger partial charge in [0.25, 0.3) is 0 Å². The van der Waals surface area contributed by atoms with Crippen LogP contribution in [0.5, 0.6) is 0 Å². The van der Waals surface area contributed by atoms with Crippen molar-refractivity contribution in [3.8, 4) is 0 Å². The van der Waals surface area contributed by atoms with Gasteiger partial charge < -0.3 is 10.2 Å². The first kappa shape index (κ1) is 12.7. The minimum absolute atomic E-state index is 0.465. The molecule has 1 N–H and O–H groups in total. The van der Waals surface area contributed by atoms with Crippen LogP contribution in [0.1, 0.15) is 30.3 Å². The Hall–Kier alpha value is -0.380. The van der Waals surface area contributed by atoms with Gasteiger partial charge in [0, 0.05) is 23.5 Å². The Morgan fingerprint density at radius 3 is 2.53 bits per heavy atom. The SMILES string of the molecule is Cc1ccsc1C(C)NCC(C)N(C)C. The van der Waals surface area contributed by atoms with Crippen LogP contribution in [0, 0.1) is 6.92 Å². The molecule has 2 nitrogen and oxygen atoms in total. The number of aryl methyl sites for hydroxylation is 1. The average molecular weight is 226 g/mol. The van der Waals surface area contributed by atoms with E-state index in [1.54, 1.807) is 0 Å². The summed E-state index contributed by atoms with van der Waals surface area (Å²) in [7, 11) is 4.24. The van der Waals surface area contributed by atoms with Gasteiger partial charge in [0.05, 0.1) is 0 Å². The van der Waals surface area contributed by atoms with Crippen LogP contribution in [0.4, 0.5) is 0 Å². The maximum Gasteiger partial charge on any atom is 0.0389 e. The van der Waals surface area contributed by atoms with Crippen LogP contribution < -0.4 is 5.32 Å². The number of hydrogen-bond donors (Lipinski definition) is 1. The first-order chi connectivity index (χ1) is 7.02. The number of nitrogens with zero attached hydrogens (tertiary/aromatic N) is 1. The maximum atomic E-state index is 3.58. The average Bonchev–Trinajstić information content (AvgIpc) is 2.60. The highest BCUT2D eigenvalue weighted by atomic mass is 32.1. The molecule has 2 unspecified atom stereocenters. The number of likely N-dealkylation sites (N-methyl/N-ethyl adjacent to an activating group) is 1. The van der Waals surface area contributed by atoms with Crippen LogP contribution in [0.2, 0.25) is 0 Å². The topological polar surface area (TPSA) is 15.3 Å². The largest absolute Gasteiger partial charge is 0.308 e. The van der Waals surface area contributed by atoms with E-state index < -0.39 is 0 Å². The summed E-state index contributed by atoms with van der Waals surface area (Å²) in [6.45, 7) is 7.69. The summed E-state index contributed by atoms with van der Waals surface area (Å²) in [5, 5.41) is 5.74. The summed E-state index contributed by atoms with van der Waals surface area (Å²) in [5.41, 5.74) is 1.40. The van der Waals surface area contributed by atoms with E-state index in [0.29, 0.717) is 12.1 Å². The van der Waals surface area contributed by atoms with E-state index >= 15 is 0 Å². The molecular weight excluding hydrogens is 204 g/mol. The standard InChI is InChI=1S/C12H22N2S/c1-9-6-7-15-12(9)11(3)13-8-10(2)14(4)5/h6-7,10-11,13H,8H2,1-5H3. The number of nitrogens with one attached hydrogen (secondary N) is 1. The number of hydrogen-bond acceptors (Lipinski definition) is 3.